The number of nitrogens with one attached hydrogen (secondary N) is 2. The van der Waals surface area contributed by atoms with E-state index >= 15 is 0 Å². The van der Waals surface area contributed by atoms with E-state index in [-0.39, 0.29) is 16.8 Å². The van der Waals surface area contributed by atoms with Crippen molar-refractivity contribution in [2.24, 2.45) is 0 Å². The molecule has 2 aromatic rings. The van der Waals surface area contributed by atoms with Gasteiger partial charge in [0.05, 0.1) is 5.69 Å². The first-order valence-corrected chi connectivity index (χ1v) is 7.34. The molecular formula is C16H14N2O4S. The van der Waals surface area contributed by atoms with Gasteiger partial charge in [0, 0.05) is 5.56 Å². The first-order chi connectivity index (χ1) is 11.1. The maximum absolute atomic E-state index is 12.2. The minimum Gasteiger partial charge on any atom is -0.506 e. The number of phenols is 1. The molecule has 2 aromatic carbocycles. The molecule has 0 radical (unpaired) electrons. The molecule has 118 valence electrons. The third-order valence-corrected chi connectivity index (χ3v) is 3.39. The fourth-order valence-corrected chi connectivity index (χ4v) is 2.30. The van der Waals surface area contributed by atoms with E-state index in [4.69, 9.17) is 21.7 Å². The van der Waals surface area contributed by atoms with Crippen molar-refractivity contribution in [1.29, 1.82) is 0 Å². The zero-order chi connectivity index (χ0) is 16.2. The second-order valence-electron chi connectivity index (χ2n) is 4.78. The summed E-state index contributed by atoms with van der Waals surface area (Å²) in [5.74, 6) is 0.810. The van der Waals surface area contributed by atoms with Gasteiger partial charge in [-0.3, -0.25) is 10.1 Å². The number of ether oxygens (including phenoxy) is 2. The van der Waals surface area contributed by atoms with Crippen molar-refractivity contribution >= 4 is 28.9 Å². The van der Waals surface area contributed by atoms with Gasteiger partial charge in [-0.05, 0) is 42.5 Å². The van der Waals surface area contributed by atoms with Crippen LogP contribution >= 0.6 is 12.2 Å². The molecule has 1 amide bonds. The van der Waals surface area contributed by atoms with Gasteiger partial charge in [-0.25, -0.2) is 0 Å². The number of para-hydroxylation sites is 2. The molecular weight excluding hydrogens is 316 g/mol. The van der Waals surface area contributed by atoms with Crippen LogP contribution in [0.5, 0.6) is 17.2 Å². The van der Waals surface area contributed by atoms with Crippen molar-refractivity contribution in [2.75, 3.05) is 18.5 Å². The first-order valence-electron chi connectivity index (χ1n) is 6.93. The number of phenolic OH excluding ortho intramolecular Hbond substituents is 1. The summed E-state index contributed by atoms with van der Waals surface area (Å²) >= 11 is 5.08. The van der Waals surface area contributed by atoms with Crippen molar-refractivity contribution in [2.45, 2.75) is 0 Å². The lowest BCUT2D eigenvalue weighted by Gasteiger charge is -2.18. The highest BCUT2D eigenvalue weighted by atomic mass is 32.1. The Morgan fingerprint density at radius 1 is 1.09 bits per heavy atom. The number of anilines is 1. The van der Waals surface area contributed by atoms with Crippen LogP contribution in [-0.4, -0.2) is 29.3 Å². The van der Waals surface area contributed by atoms with Gasteiger partial charge in [-0.2, -0.15) is 0 Å². The maximum atomic E-state index is 12.2. The highest BCUT2D eigenvalue weighted by molar-refractivity contribution is 7.80. The lowest BCUT2D eigenvalue weighted by atomic mass is 10.2. The van der Waals surface area contributed by atoms with Gasteiger partial charge >= 0.3 is 0 Å². The van der Waals surface area contributed by atoms with Crippen LogP contribution in [0.15, 0.2) is 42.5 Å². The summed E-state index contributed by atoms with van der Waals surface area (Å²) in [4.78, 5) is 12.2. The molecule has 6 nitrogen and oxygen atoms in total. The first kappa shape index (κ1) is 15.1. The number of thiocarbonyl (C=S) groups is 1. The van der Waals surface area contributed by atoms with Crippen LogP contribution in [0.4, 0.5) is 5.69 Å². The van der Waals surface area contributed by atoms with E-state index in [9.17, 15) is 9.90 Å². The third kappa shape index (κ3) is 3.51. The van der Waals surface area contributed by atoms with Crippen LogP contribution in [0.3, 0.4) is 0 Å². The van der Waals surface area contributed by atoms with Crippen LogP contribution in [-0.2, 0) is 0 Å². The molecule has 1 aliphatic rings. The molecule has 0 bridgehead atoms. The average Bonchev–Trinajstić information content (AvgIpc) is 2.56. The molecule has 0 saturated heterocycles. The van der Waals surface area contributed by atoms with E-state index in [0.29, 0.717) is 36.0 Å². The lowest BCUT2D eigenvalue weighted by Crippen LogP contribution is -2.34. The Labute approximate surface area is 138 Å². The van der Waals surface area contributed by atoms with Crippen molar-refractivity contribution in [1.82, 2.24) is 5.32 Å². The van der Waals surface area contributed by atoms with Crippen LogP contribution in [0.1, 0.15) is 10.4 Å². The number of amides is 1. The number of fused-ring (bicyclic) bond motifs is 1. The van der Waals surface area contributed by atoms with E-state index in [2.05, 4.69) is 10.6 Å². The molecule has 0 atom stereocenters. The van der Waals surface area contributed by atoms with Gasteiger partial charge in [0.15, 0.2) is 16.6 Å². The van der Waals surface area contributed by atoms with E-state index in [1.165, 1.54) is 6.07 Å². The molecule has 0 unspecified atom stereocenters. The Morgan fingerprint density at radius 2 is 1.83 bits per heavy atom. The van der Waals surface area contributed by atoms with E-state index in [1.54, 1.807) is 36.4 Å². The molecule has 1 aliphatic heterocycles. The predicted molar refractivity (Wildman–Crippen MR) is 89.2 cm³/mol. The second kappa shape index (κ2) is 6.53. The largest absolute Gasteiger partial charge is 0.506 e. The number of aromatic hydroxyl groups is 1. The number of carbonyl (C=O) groups is 1. The summed E-state index contributed by atoms with van der Waals surface area (Å²) in [6.45, 7) is 0.943. The number of hydrogen-bond donors (Lipinski definition) is 3. The zero-order valence-electron chi connectivity index (χ0n) is 12.0. The minimum absolute atomic E-state index is 0.0448. The Hall–Kier alpha value is -2.80. The highest BCUT2D eigenvalue weighted by Crippen LogP contribution is 2.30. The topological polar surface area (TPSA) is 79.8 Å². The fraction of sp³-hybridized carbons (Fsp3) is 0.125. The molecule has 0 saturated carbocycles. The van der Waals surface area contributed by atoms with Gasteiger partial charge in [0.2, 0.25) is 0 Å². The standard InChI is InChI=1S/C16H14N2O4S/c19-12-4-2-1-3-11(12)17-16(23)18-15(20)10-5-6-13-14(9-10)22-8-7-21-13/h1-6,9,19H,7-8H2,(H2,17,18,20,23). The molecule has 0 fully saturated rings. The summed E-state index contributed by atoms with van der Waals surface area (Å²) in [5.41, 5.74) is 0.815. The van der Waals surface area contributed by atoms with Gasteiger partial charge in [0.1, 0.15) is 19.0 Å². The molecule has 0 aromatic heterocycles. The number of carbonyl (C=O) groups excluding carboxylic acids is 1. The minimum atomic E-state index is -0.380. The molecule has 3 rings (SSSR count). The average molecular weight is 330 g/mol. The Kier molecular flexibility index (Phi) is 4.29. The molecule has 0 aliphatic carbocycles. The summed E-state index contributed by atoms with van der Waals surface area (Å²) < 4.78 is 10.9. The molecule has 3 N–H and O–H groups in total. The van der Waals surface area contributed by atoms with Gasteiger partial charge in [-0.1, -0.05) is 12.1 Å². The fourth-order valence-electron chi connectivity index (χ4n) is 2.09. The van der Waals surface area contributed by atoms with Crippen molar-refractivity contribution in [3.8, 4) is 17.2 Å². The van der Waals surface area contributed by atoms with Crippen LogP contribution < -0.4 is 20.1 Å². The van der Waals surface area contributed by atoms with Crippen molar-refractivity contribution in [3.63, 3.8) is 0 Å². The monoisotopic (exact) mass is 330 g/mol. The van der Waals surface area contributed by atoms with Crippen LogP contribution in [0.2, 0.25) is 0 Å². The van der Waals surface area contributed by atoms with Gasteiger partial charge in [-0.15, -0.1) is 0 Å². The van der Waals surface area contributed by atoms with Crippen molar-refractivity contribution in [3.05, 3.63) is 48.0 Å². The van der Waals surface area contributed by atoms with E-state index in [0.717, 1.165) is 0 Å². The van der Waals surface area contributed by atoms with E-state index < -0.39 is 0 Å². The third-order valence-electron chi connectivity index (χ3n) is 3.18. The maximum Gasteiger partial charge on any atom is 0.257 e. The van der Waals surface area contributed by atoms with Gasteiger partial charge < -0.3 is 19.9 Å². The second-order valence-corrected chi connectivity index (χ2v) is 5.19. The number of benzene rings is 2. The number of hydrogen-bond acceptors (Lipinski definition) is 5. The van der Waals surface area contributed by atoms with Gasteiger partial charge in [0.25, 0.3) is 5.91 Å². The Morgan fingerprint density at radius 3 is 2.61 bits per heavy atom. The van der Waals surface area contributed by atoms with E-state index in [1.807, 2.05) is 0 Å². The predicted octanol–water partition coefficient (Wildman–Crippen LogP) is 2.29. The highest BCUT2D eigenvalue weighted by Gasteiger charge is 2.15. The SMILES string of the molecule is O=C(NC(=S)Nc1ccccc1O)c1ccc2c(c1)OCCO2. The Balaban J connectivity index is 1.67. The summed E-state index contributed by atoms with van der Waals surface area (Å²) in [6.07, 6.45) is 0. The zero-order valence-corrected chi connectivity index (χ0v) is 12.9. The summed E-state index contributed by atoms with van der Waals surface area (Å²) in [5, 5.41) is 15.1. The quantitative estimate of drug-likeness (QED) is 0.579. The Bertz CT molecular complexity index is 763. The van der Waals surface area contributed by atoms with Crippen molar-refractivity contribution < 1.29 is 19.4 Å². The summed E-state index contributed by atoms with van der Waals surface area (Å²) in [6, 6.07) is 11.5. The molecule has 23 heavy (non-hydrogen) atoms. The van der Waals surface area contributed by atoms with Crippen LogP contribution in [0, 0.1) is 0 Å². The molecule has 0 spiro atoms. The normalized spacial score (nSPS) is 12.3. The lowest BCUT2D eigenvalue weighted by molar-refractivity contribution is 0.0976. The molecule has 1 heterocycles. The smallest absolute Gasteiger partial charge is 0.257 e. The molecule has 7 heteroatoms. The van der Waals surface area contributed by atoms with Crippen LogP contribution in [0.25, 0.3) is 0 Å². The number of rotatable bonds is 2. The summed E-state index contributed by atoms with van der Waals surface area (Å²) in [7, 11) is 0.